The van der Waals surface area contributed by atoms with Gasteiger partial charge in [-0.1, -0.05) is 12.1 Å². The number of carbonyl (C=O) groups is 2. The lowest BCUT2D eigenvalue weighted by Crippen LogP contribution is -2.34. The molecule has 0 spiro atoms. The van der Waals surface area contributed by atoms with E-state index in [1.54, 1.807) is 24.3 Å². The highest BCUT2D eigenvalue weighted by Crippen LogP contribution is 2.27. The van der Waals surface area contributed by atoms with E-state index in [0.29, 0.717) is 24.3 Å². The van der Waals surface area contributed by atoms with Gasteiger partial charge >= 0.3 is 0 Å². The van der Waals surface area contributed by atoms with Crippen LogP contribution in [0.1, 0.15) is 28.8 Å². The van der Waals surface area contributed by atoms with Gasteiger partial charge in [-0.05, 0) is 67.3 Å². The minimum Gasteiger partial charge on any atom is -0.351 e. The first-order valence-corrected chi connectivity index (χ1v) is 8.73. The van der Waals surface area contributed by atoms with Crippen LogP contribution in [0.4, 0.5) is 10.1 Å². The highest BCUT2D eigenvalue weighted by atomic mass is 19.1. The predicted octanol–water partition coefficient (Wildman–Crippen LogP) is 2.69. The number of benzene rings is 2. The van der Waals surface area contributed by atoms with Gasteiger partial charge in [-0.25, -0.2) is 4.39 Å². The lowest BCUT2D eigenvalue weighted by atomic mass is 10.1. The summed E-state index contributed by atoms with van der Waals surface area (Å²) in [4.78, 5) is 23.9. The van der Waals surface area contributed by atoms with E-state index in [2.05, 4.69) is 16.0 Å². The number of carbonyl (C=O) groups excluding carboxylic acids is 2. The summed E-state index contributed by atoms with van der Waals surface area (Å²) in [6.45, 7) is 1.66. The Labute approximate surface area is 152 Å². The van der Waals surface area contributed by atoms with Crippen molar-refractivity contribution in [2.75, 3.05) is 18.4 Å². The predicted molar refractivity (Wildman–Crippen MR) is 98.2 cm³/mol. The number of amides is 2. The molecule has 0 heterocycles. The summed E-state index contributed by atoms with van der Waals surface area (Å²) >= 11 is 0. The molecule has 0 unspecified atom stereocenters. The molecule has 5 nitrogen and oxygen atoms in total. The summed E-state index contributed by atoms with van der Waals surface area (Å²) in [6.07, 6.45) is 2.52. The standard InChI is InChI=1S/C20H22FN3O2/c21-17-7-9-18(10-8-17)24-20(26)16-5-3-15(4-6-16)12-23-19(25)13-22-11-14-1-2-14/h3-10,14,22H,1-2,11-13H2,(H,23,25)(H,24,26). The average molecular weight is 355 g/mol. The maximum Gasteiger partial charge on any atom is 0.255 e. The molecule has 136 valence electrons. The van der Waals surface area contributed by atoms with Gasteiger partial charge in [0.25, 0.3) is 5.91 Å². The van der Waals surface area contributed by atoms with Crippen LogP contribution in [0.2, 0.25) is 0 Å². The van der Waals surface area contributed by atoms with Gasteiger partial charge in [-0.15, -0.1) is 0 Å². The molecule has 1 aliphatic rings. The molecule has 0 aliphatic heterocycles. The molecule has 2 amide bonds. The van der Waals surface area contributed by atoms with E-state index in [1.807, 2.05) is 0 Å². The molecule has 6 heteroatoms. The third-order valence-corrected chi connectivity index (χ3v) is 4.22. The monoisotopic (exact) mass is 355 g/mol. The summed E-state index contributed by atoms with van der Waals surface area (Å²) < 4.78 is 12.9. The van der Waals surface area contributed by atoms with Crippen molar-refractivity contribution in [1.29, 1.82) is 0 Å². The Morgan fingerprint density at radius 3 is 2.35 bits per heavy atom. The van der Waals surface area contributed by atoms with Crippen LogP contribution in [0.15, 0.2) is 48.5 Å². The van der Waals surface area contributed by atoms with Gasteiger partial charge in [0.05, 0.1) is 6.54 Å². The fourth-order valence-corrected chi connectivity index (χ4v) is 2.49. The summed E-state index contributed by atoms with van der Waals surface area (Å²) in [5.41, 5.74) is 1.95. The summed E-state index contributed by atoms with van der Waals surface area (Å²) in [5, 5.41) is 8.70. The van der Waals surface area contributed by atoms with Crippen molar-refractivity contribution in [1.82, 2.24) is 10.6 Å². The Morgan fingerprint density at radius 2 is 1.69 bits per heavy atom. The highest BCUT2D eigenvalue weighted by molar-refractivity contribution is 6.04. The Bertz CT molecular complexity index is 756. The van der Waals surface area contributed by atoms with Gasteiger partial charge < -0.3 is 16.0 Å². The Kier molecular flexibility index (Phi) is 5.96. The lowest BCUT2D eigenvalue weighted by Gasteiger charge is -2.08. The molecule has 0 atom stereocenters. The number of nitrogens with one attached hydrogen (secondary N) is 3. The van der Waals surface area contributed by atoms with E-state index in [1.165, 1.54) is 37.1 Å². The first-order valence-electron chi connectivity index (χ1n) is 8.73. The first-order chi connectivity index (χ1) is 12.6. The van der Waals surface area contributed by atoms with Gasteiger partial charge in [-0.3, -0.25) is 9.59 Å². The van der Waals surface area contributed by atoms with Crippen LogP contribution in [0.25, 0.3) is 0 Å². The SMILES string of the molecule is O=C(CNCC1CC1)NCc1ccc(C(=O)Nc2ccc(F)cc2)cc1. The second-order valence-corrected chi connectivity index (χ2v) is 6.51. The topological polar surface area (TPSA) is 70.2 Å². The van der Waals surface area contributed by atoms with Crippen molar-refractivity contribution < 1.29 is 14.0 Å². The highest BCUT2D eigenvalue weighted by Gasteiger charge is 2.20. The van der Waals surface area contributed by atoms with E-state index in [-0.39, 0.29) is 17.6 Å². The second-order valence-electron chi connectivity index (χ2n) is 6.51. The molecule has 0 bridgehead atoms. The summed E-state index contributed by atoms with van der Waals surface area (Å²) in [6, 6.07) is 12.6. The number of rotatable bonds is 8. The van der Waals surface area contributed by atoms with Crippen molar-refractivity contribution in [2.24, 2.45) is 5.92 Å². The van der Waals surface area contributed by atoms with Gasteiger partial charge in [-0.2, -0.15) is 0 Å². The quantitative estimate of drug-likeness (QED) is 0.682. The van der Waals surface area contributed by atoms with Crippen LogP contribution < -0.4 is 16.0 Å². The zero-order valence-corrected chi connectivity index (χ0v) is 14.4. The second kappa shape index (κ2) is 8.58. The molecule has 2 aromatic rings. The fraction of sp³-hybridized carbons (Fsp3) is 0.300. The molecule has 1 aliphatic carbocycles. The maximum absolute atomic E-state index is 12.9. The molecule has 0 saturated heterocycles. The minimum atomic E-state index is -0.350. The fourth-order valence-electron chi connectivity index (χ4n) is 2.49. The maximum atomic E-state index is 12.9. The third kappa shape index (κ3) is 5.67. The largest absolute Gasteiger partial charge is 0.351 e. The van der Waals surface area contributed by atoms with Crippen molar-refractivity contribution in [3.05, 3.63) is 65.5 Å². The molecule has 0 aromatic heterocycles. The Hall–Kier alpha value is -2.73. The molecule has 3 N–H and O–H groups in total. The van der Waals surface area contributed by atoms with Crippen LogP contribution in [0.5, 0.6) is 0 Å². The Morgan fingerprint density at radius 1 is 1.00 bits per heavy atom. The molecular formula is C20H22FN3O2. The van der Waals surface area contributed by atoms with E-state index in [9.17, 15) is 14.0 Å². The van der Waals surface area contributed by atoms with E-state index < -0.39 is 0 Å². The molecule has 3 rings (SSSR count). The molecule has 26 heavy (non-hydrogen) atoms. The number of anilines is 1. The van der Waals surface area contributed by atoms with Crippen LogP contribution >= 0.6 is 0 Å². The van der Waals surface area contributed by atoms with Crippen molar-refractivity contribution in [2.45, 2.75) is 19.4 Å². The number of halogens is 1. The molecule has 2 aromatic carbocycles. The summed E-state index contributed by atoms with van der Waals surface area (Å²) in [5.74, 6) is 0.0915. The minimum absolute atomic E-state index is 0.0382. The first kappa shape index (κ1) is 18.1. The van der Waals surface area contributed by atoms with Crippen LogP contribution in [0.3, 0.4) is 0 Å². The lowest BCUT2D eigenvalue weighted by molar-refractivity contribution is -0.120. The average Bonchev–Trinajstić information content (AvgIpc) is 3.47. The van der Waals surface area contributed by atoms with Gasteiger partial charge in [0, 0.05) is 17.8 Å². The van der Waals surface area contributed by atoms with Crippen LogP contribution in [-0.4, -0.2) is 24.9 Å². The van der Waals surface area contributed by atoms with E-state index >= 15 is 0 Å². The zero-order chi connectivity index (χ0) is 18.4. The van der Waals surface area contributed by atoms with Gasteiger partial charge in [0.15, 0.2) is 0 Å². The van der Waals surface area contributed by atoms with Crippen LogP contribution in [-0.2, 0) is 11.3 Å². The molecular weight excluding hydrogens is 333 g/mol. The van der Waals surface area contributed by atoms with Gasteiger partial charge in [0.2, 0.25) is 5.91 Å². The number of hydrogen-bond donors (Lipinski definition) is 3. The smallest absolute Gasteiger partial charge is 0.255 e. The normalized spacial score (nSPS) is 13.3. The number of hydrogen-bond acceptors (Lipinski definition) is 3. The van der Waals surface area contributed by atoms with Crippen molar-refractivity contribution >= 4 is 17.5 Å². The van der Waals surface area contributed by atoms with E-state index in [4.69, 9.17) is 0 Å². The third-order valence-electron chi connectivity index (χ3n) is 4.22. The summed E-state index contributed by atoms with van der Waals surface area (Å²) in [7, 11) is 0. The molecule has 1 fully saturated rings. The van der Waals surface area contributed by atoms with Crippen molar-refractivity contribution in [3.63, 3.8) is 0 Å². The molecule has 0 radical (unpaired) electrons. The molecule has 1 saturated carbocycles. The van der Waals surface area contributed by atoms with Crippen molar-refractivity contribution in [3.8, 4) is 0 Å². The Balaban J connectivity index is 1.44. The van der Waals surface area contributed by atoms with Crippen LogP contribution in [0, 0.1) is 11.7 Å². The van der Waals surface area contributed by atoms with Gasteiger partial charge in [0.1, 0.15) is 5.82 Å². The zero-order valence-electron chi connectivity index (χ0n) is 14.4. The van der Waals surface area contributed by atoms with E-state index in [0.717, 1.165) is 18.0 Å².